The fourth-order valence-electron chi connectivity index (χ4n) is 14.8. The van der Waals surface area contributed by atoms with E-state index in [4.69, 9.17) is 4.42 Å². The van der Waals surface area contributed by atoms with Crippen molar-refractivity contribution < 1.29 is 4.42 Å². The van der Waals surface area contributed by atoms with E-state index >= 15 is 0 Å². The minimum absolute atomic E-state index is 0.0267. The van der Waals surface area contributed by atoms with Crippen molar-refractivity contribution in [3.63, 3.8) is 0 Å². The largest absolute Gasteiger partial charge is 0.440 e. The van der Waals surface area contributed by atoms with Crippen molar-refractivity contribution in [1.82, 2.24) is 0 Å². The van der Waals surface area contributed by atoms with Crippen LogP contribution in [0.4, 0.5) is 34.3 Å². The third-order valence-corrected chi connectivity index (χ3v) is 19.3. The molecule has 2 unspecified atom stereocenters. The molecule has 4 heteroatoms. The van der Waals surface area contributed by atoms with Crippen molar-refractivity contribution in [3.8, 4) is 11.1 Å². The van der Waals surface area contributed by atoms with Gasteiger partial charge in [-0.05, 0) is 198 Å². The lowest BCUT2D eigenvalue weighted by atomic mass is 9.33. The van der Waals surface area contributed by atoms with Crippen LogP contribution < -0.4 is 26.2 Å². The number of rotatable bonds is 3. The van der Waals surface area contributed by atoms with Gasteiger partial charge in [0.2, 0.25) is 5.88 Å². The van der Waals surface area contributed by atoms with E-state index in [-0.39, 0.29) is 44.6 Å². The van der Waals surface area contributed by atoms with Gasteiger partial charge < -0.3 is 9.32 Å². The average Bonchev–Trinajstić information content (AvgIpc) is 3.92. The minimum atomic E-state index is -0.0494. The molecule has 13 rings (SSSR count). The standard InChI is InChI=1S/C65H71BN2O/c1-59(2,3)41-19-21-42(22-20-41)68-54-32-40(39-17-15-14-16-18-39)31-53-57(54)66(56-44-34-49-50(37-55(44)69-58(56)68)65(13)30-29-64(49,12)38-65)51-35-47-48(63(10,11)28-27-62(47,8)9)36-52(51)67(53)43-23-24-45-46(33-43)61(6,7)26-25-60(45,4)5/h14-24,31-37H,25-30,38H2,1-13H3. The number of anilines is 6. The number of nitrogens with zero attached hydrogens (tertiary/aromatic N) is 2. The monoisotopic (exact) mass is 907 g/mol. The second-order valence-corrected chi connectivity index (χ2v) is 26.9. The summed E-state index contributed by atoms with van der Waals surface area (Å²) in [5.41, 5.74) is 24.7. The van der Waals surface area contributed by atoms with Crippen LogP contribution in [0, 0.1) is 0 Å². The number of fused-ring (bicyclic) bond motifs is 13. The Morgan fingerprint density at radius 3 is 1.64 bits per heavy atom. The molecule has 6 aliphatic rings. The summed E-state index contributed by atoms with van der Waals surface area (Å²) >= 11 is 0. The Balaban J connectivity index is 1.18. The summed E-state index contributed by atoms with van der Waals surface area (Å²) in [6.45, 7) is 31.8. The van der Waals surface area contributed by atoms with Gasteiger partial charge in [0.15, 0.2) is 0 Å². The summed E-state index contributed by atoms with van der Waals surface area (Å²) in [5, 5.41) is 1.28. The lowest BCUT2D eigenvalue weighted by Gasteiger charge is -2.47. The molecule has 1 fully saturated rings. The molecule has 1 aromatic heterocycles. The molecule has 1 saturated carbocycles. The summed E-state index contributed by atoms with van der Waals surface area (Å²) in [4.78, 5) is 5.22. The maximum absolute atomic E-state index is 7.59. The van der Waals surface area contributed by atoms with E-state index < -0.39 is 0 Å². The molecule has 0 radical (unpaired) electrons. The first kappa shape index (κ1) is 43.5. The zero-order valence-corrected chi connectivity index (χ0v) is 43.7. The van der Waals surface area contributed by atoms with Gasteiger partial charge in [0.05, 0.1) is 0 Å². The van der Waals surface area contributed by atoms with Crippen molar-refractivity contribution in [2.24, 2.45) is 0 Å². The van der Waals surface area contributed by atoms with Crippen LogP contribution in [0.5, 0.6) is 0 Å². The molecule has 2 bridgehead atoms. The molecule has 0 amide bonds. The van der Waals surface area contributed by atoms with Gasteiger partial charge in [-0.2, -0.15) is 0 Å². The molecule has 6 aromatic carbocycles. The van der Waals surface area contributed by atoms with Crippen LogP contribution in [0.3, 0.4) is 0 Å². The van der Waals surface area contributed by atoms with Gasteiger partial charge in [-0.3, -0.25) is 4.90 Å². The molecule has 2 atom stereocenters. The lowest BCUT2D eigenvalue weighted by Crippen LogP contribution is -2.61. The van der Waals surface area contributed by atoms with E-state index in [2.05, 4.69) is 209 Å². The van der Waals surface area contributed by atoms with Gasteiger partial charge in [0.25, 0.3) is 6.71 Å². The van der Waals surface area contributed by atoms with Crippen LogP contribution in [0.15, 0.2) is 114 Å². The summed E-state index contributed by atoms with van der Waals surface area (Å²) in [5.74, 6) is 0.961. The van der Waals surface area contributed by atoms with E-state index in [1.807, 2.05) is 0 Å². The zero-order chi connectivity index (χ0) is 48.2. The Bertz CT molecular complexity index is 3340. The Morgan fingerprint density at radius 2 is 1.01 bits per heavy atom. The van der Waals surface area contributed by atoms with Gasteiger partial charge in [-0.1, -0.05) is 145 Å². The fraction of sp³-hybridized carbons (Fsp3) is 0.415. The predicted molar refractivity (Wildman–Crippen MR) is 293 cm³/mol. The van der Waals surface area contributed by atoms with E-state index in [1.54, 1.807) is 5.56 Å². The summed E-state index contributed by atoms with van der Waals surface area (Å²) in [6.07, 6.45) is 8.41. The molecular weight excluding hydrogens is 836 g/mol. The average molecular weight is 907 g/mol. The van der Waals surface area contributed by atoms with Gasteiger partial charge in [-0.15, -0.1) is 0 Å². The molecule has 4 aliphatic carbocycles. The van der Waals surface area contributed by atoms with Crippen LogP contribution in [0.2, 0.25) is 0 Å². The molecule has 7 aromatic rings. The van der Waals surface area contributed by atoms with E-state index in [0.717, 1.165) is 17.2 Å². The normalized spacial score (nSPS) is 23.8. The summed E-state index contributed by atoms with van der Waals surface area (Å²) in [6, 6.07) is 43.5. The van der Waals surface area contributed by atoms with Crippen LogP contribution in [0.25, 0.3) is 22.1 Å². The van der Waals surface area contributed by atoms with Gasteiger partial charge in [-0.25, -0.2) is 0 Å². The molecule has 0 saturated heterocycles. The van der Waals surface area contributed by atoms with Crippen molar-refractivity contribution in [1.29, 1.82) is 0 Å². The molecule has 0 spiro atoms. The van der Waals surface area contributed by atoms with Gasteiger partial charge in [0.1, 0.15) is 5.58 Å². The number of benzene rings is 6. The smallest absolute Gasteiger partial charge is 0.257 e. The van der Waals surface area contributed by atoms with Crippen molar-refractivity contribution in [2.75, 3.05) is 9.80 Å². The molecule has 350 valence electrons. The first-order chi connectivity index (χ1) is 32.5. The second kappa shape index (κ2) is 13.7. The third kappa shape index (κ3) is 6.05. The second-order valence-electron chi connectivity index (χ2n) is 26.9. The number of furan rings is 1. The van der Waals surface area contributed by atoms with E-state index in [0.29, 0.717) is 0 Å². The first-order valence-electron chi connectivity index (χ1n) is 26.4. The summed E-state index contributed by atoms with van der Waals surface area (Å²) < 4.78 is 7.59. The Kier molecular flexibility index (Phi) is 8.63. The first-order valence-corrected chi connectivity index (χ1v) is 26.4. The zero-order valence-electron chi connectivity index (χ0n) is 43.7. The highest BCUT2D eigenvalue weighted by atomic mass is 16.4. The Morgan fingerprint density at radius 1 is 0.464 bits per heavy atom. The molecule has 2 aliphatic heterocycles. The fourth-order valence-corrected chi connectivity index (χ4v) is 14.8. The lowest BCUT2D eigenvalue weighted by molar-refractivity contribution is 0.332. The molecule has 3 heterocycles. The number of hydrogen-bond donors (Lipinski definition) is 0. The molecule has 0 N–H and O–H groups in total. The van der Waals surface area contributed by atoms with Crippen LogP contribution in [0.1, 0.15) is 174 Å². The highest BCUT2D eigenvalue weighted by Crippen LogP contribution is 2.62. The van der Waals surface area contributed by atoms with Crippen LogP contribution in [-0.4, -0.2) is 6.71 Å². The highest BCUT2D eigenvalue weighted by molar-refractivity contribution is 7.01. The topological polar surface area (TPSA) is 19.6 Å². The van der Waals surface area contributed by atoms with Crippen molar-refractivity contribution in [3.05, 3.63) is 148 Å². The highest BCUT2D eigenvalue weighted by Gasteiger charge is 2.55. The van der Waals surface area contributed by atoms with E-state index in [9.17, 15) is 0 Å². The van der Waals surface area contributed by atoms with Crippen LogP contribution in [-0.2, 0) is 37.9 Å². The van der Waals surface area contributed by atoms with E-state index in [1.165, 1.54) is 134 Å². The minimum Gasteiger partial charge on any atom is -0.440 e. The van der Waals surface area contributed by atoms with Crippen LogP contribution >= 0.6 is 0 Å². The molecule has 69 heavy (non-hydrogen) atoms. The van der Waals surface area contributed by atoms with Gasteiger partial charge >= 0.3 is 0 Å². The third-order valence-electron chi connectivity index (χ3n) is 19.3. The SMILES string of the molecule is CC(C)(C)c1ccc(N2c3cc(-c4ccccc4)cc4c3B(c3cc5c(cc3N4c3ccc4c(c3)C(C)(C)CCC4(C)C)C(C)(C)CCC5(C)C)c3c2oc2cc4c(cc32)C2(C)CCC4(C)C2)cc1. The Hall–Kier alpha value is -5.48. The number of hydrogen-bond acceptors (Lipinski definition) is 3. The Labute approximate surface area is 412 Å². The molecular formula is C65H71BN2O. The quantitative estimate of drug-likeness (QED) is 0.165. The maximum atomic E-state index is 7.59. The summed E-state index contributed by atoms with van der Waals surface area (Å²) in [7, 11) is 0. The maximum Gasteiger partial charge on any atom is 0.257 e. The predicted octanol–water partition coefficient (Wildman–Crippen LogP) is 15.9. The van der Waals surface area contributed by atoms with Crippen molar-refractivity contribution in [2.45, 2.75) is 173 Å². The van der Waals surface area contributed by atoms with Crippen molar-refractivity contribution >= 4 is 68.4 Å². The van der Waals surface area contributed by atoms with Gasteiger partial charge in [0, 0.05) is 39.3 Å². The molecule has 3 nitrogen and oxygen atoms in total.